The Morgan fingerprint density at radius 2 is 1.87 bits per heavy atom. The molecule has 1 aliphatic carbocycles. The number of nitrogens with zero attached hydrogens (tertiary/aromatic N) is 1. The minimum Gasteiger partial charge on any atom is -0.376 e. The van der Waals surface area contributed by atoms with Crippen molar-refractivity contribution >= 4 is 17.3 Å². The molecular weight excluding hydrogens is 286 g/mol. The summed E-state index contributed by atoms with van der Waals surface area (Å²) in [6, 6.07) is 16.1. The first-order valence-electron chi connectivity index (χ1n) is 7.96. The molecule has 1 aliphatic rings. The van der Waals surface area contributed by atoms with Crippen molar-refractivity contribution in [1.82, 2.24) is 5.43 Å². The molecule has 23 heavy (non-hydrogen) atoms. The topological polar surface area (TPSA) is 53.5 Å². The van der Waals surface area contributed by atoms with Gasteiger partial charge < -0.3 is 5.32 Å². The van der Waals surface area contributed by atoms with Gasteiger partial charge in [-0.05, 0) is 61.1 Å². The van der Waals surface area contributed by atoms with Gasteiger partial charge in [-0.25, -0.2) is 5.43 Å². The van der Waals surface area contributed by atoms with Crippen molar-refractivity contribution in [2.45, 2.75) is 26.2 Å². The summed E-state index contributed by atoms with van der Waals surface area (Å²) >= 11 is 0. The lowest BCUT2D eigenvalue weighted by molar-refractivity contribution is -0.119. The zero-order chi connectivity index (χ0) is 16.1. The molecule has 2 N–H and O–H groups in total. The number of fused-ring (bicyclic) bond motifs is 1. The fourth-order valence-corrected chi connectivity index (χ4v) is 2.79. The third kappa shape index (κ3) is 3.97. The van der Waals surface area contributed by atoms with Gasteiger partial charge >= 0.3 is 0 Å². The Morgan fingerprint density at radius 1 is 1.09 bits per heavy atom. The van der Waals surface area contributed by atoms with Crippen LogP contribution in [0.25, 0.3) is 0 Å². The monoisotopic (exact) mass is 307 g/mol. The van der Waals surface area contributed by atoms with Crippen LogP contribution in [0.3, 0.4) is 0 Å². The number of hydrazone groups is 1. The molecule has 3 rings (SSSR count). The summed E-state index contributed by atoms with van der Waals surface area (Å²) in [5, 5.41) is 7.27. The maximum Gasteiger partial charge on any atom is 0.259 e. The number of rotatable bonds is 5. The average Bonchev–Trinajstić information content (AvgIpc) is 3.06. The standard InChI is InChI=1S/C19H21N3O/c1-14(16-11-10-15-6-5-7-17(15)12-16)21-22-19(23)13-20-18-8-3-2-4-9-18/h2-4,8-12,20H,5-7,13H2,1H3,(H,22,23)/b21-14-. The molecule has 1 amide bonds. The Labute approximate surface area is 136 Å². The van der Waals surface area contributed by atoms with Crippen LogP contribution in [0.4, 0.5) is 5.69 Å². The summed E-state index contributed by atoms with van der Waals surface area (Å²) in [7, 11) is 0. The zero-order valence-electron chi connectivity index (χ0n) is 13.3. The van der Waals surface area contributed by atoms with Crippen LogP contribution in [0.15, 0.2) is 53.6 Å². The third-order valence-corrected chi connectivity index (χ3v) is 4.09. The SMILES string of the molecule is C/C(=N/NC(=O)CNc1ccccc1)c1ccc2c(c1)CCC2. The van der Waals surface area contributed by atoms with Gasteiger partial charge in [0.25, 0.3) is 5.91 Å². The first-order valence-corrected chi connectivity index (χ1v) is 7.96. The van der Waals surface area contributed by atoms with Gasteiger partial charge in [-0.1, -0.05) is 30.3 Å². The van der Waals surface area contributed by atoms with Crippen LogP contribution in [0.5, 0.6) is 0 Å². The second-order valence-corrected chi connectivity index (χ2v) is 5.79. The highest BCUT2D eigenvalue weighted by Crippen LogP contribution is 2.23. The minimum absolute atomic E-state index is 0.158. The normalized spacial score (nSPS) is 13.5. The molecule has 0 atom stereocenters. The molecule has 0 bridgehead atoms. The van der Waals surface area contributed by atoms with Crippen molar-refractivity contribution in [3.05, 3.63) is 65.2 Å². The van der Waals surface area contributed by atoms with Gasteiger partial charge in [0.05, 0.1) is 12.3 Å². The molecule has 0 heterocycles. The lowest BCUT2D eigenvalue weighted by atomic mass is 10.0. The van der Waals surface area contributed by atoms with Crippen LogP contribution in [-0.2, 0) is 17.6 Å². The van der Waals surface area contributed by atoms with E-state index in [-0.39, 0.29) is 12.5 Å². The molecule has 2 aromatic carbocycles. The number of benzene rings is 2. The molecule has 118 valence electrons. The van der Waals surface area contributed by atoms with Gasteiger partial charge in [-0.2, -0.15) is 5.10 Å². The number of aryl methyl sites for hydroxylation is 2. The van der Waals surface area contributed by atoms with E-state index >= 15 is 0 Å². The Morgan fingerprint density at radius 3 is 2.70 bits per heavy atom. The predicted octanol–water partition coefficient (Wildman–Crippen LogP) is 3.13. The van der Waals surface area contributed by atoms with Crippen molar-refractivity contribution < 1.29 is 4.79 Å². The van der Waals surface area contributed by atoms with E-state index in [4.69, 9.17) is 0 Å². The first kappa shape index (κ1) is 15.3. The van der Waals surface area contributed by atoms with E-state index in [9.17, 15) is 4.79 Å². The summed E-state index contributed by atoms with van der Waals surface area (Å²) in [6.45, 7) is 2.12. The van der Waals surface area contributed by atoms with E-state index in [1.807, 2.05) is 37.3 Å². The highest BCUT2D eigenvalue weighted by Gasteiger charge is 2.11. The highest BCUT2D eigenvalue weighted by atomic mass is 16.2. The number of hydrogen-bond acceptors (Lipinski definition) is 3. The van der Waals surface area contributed by atoms with Crippen molar-refractivity contribution in [2.75, 3.05) is 11.9 Å². The molecule has 4 heteroatoms. The van der Waals surface area contributed by atoms with Gasteiger partial charge in [0.1, 0.15) is 0 Å². The van der Waals surface area contributed by atoms with Gasteiger partial charge in [0, 0.05) is 5.69 Å². The zero-order valence-corrected chi connectivity index (χ0v) is 13.3. The van der Waals surface area contributed by atoms with Crippen LogP contribution >= 0.6 is 0 Å². The maximum absolute atomic E-state index is 11.9. The number of carbonyl (C=O) groups is 1. The molecule has 0 saturated carbocycles. The quantitative estimate of drug-likeness (QED) is 0.658. The number of para-hydroxylation sites is 1. The second-order valence-electron chi connectivity index (χ2n) is 5.79. The molecule has 2 aromatic rings. The summed E-state index contributed by atoms with van der Waals surface area (Å²) < 4.78 is 0. The van der Waals surface area contributed by atoms with Crippen LogP contribution in [-0.4, -0.2) is 18.2 Å². The molecular formula is C19H21N3O. The fourth-order valence-electron chi connectivity index (χ4n) is 2.79. The number of nitrogens with one attached hydrogen (secondary N) is 2. The second kappa shape index (κ2) is 7.09. The Kier molecular flexibility index (Phi) is 4.71. The molecule has 0 fully saturated rings. The van der Waals surface area contributed by atoms with Crippen LogP contribution in [0, 0.1) is 0 Å². The Bertz CT molecular complexity index is 723. The summed E-state index contributed by atoms with van der Waals surface area (Å²) in [5.74, 6) is -0.158. The third-order valence-electron chi connectivity index (χ3n) is 4.09. The number of hydrogen-bond donors (Lipinski definition) is 2. The molecule has 0 aliphatic heterocycles. The van der Waals surface area contributed by atoms with Crippen molar-refractivity contribution in [3.63, 3.8) is 0 Å². The van der Waals surface area contributed by atoms with Gasteiger partial charge in [0.15, 0.2) is 0 Å². The maximum atomic E-state index is 11.9. The Balaban J connectivity index is 1.55. The van der Waals surface area contributed by atoms with Crippen LogP contribution < -0.4 is 10.7 Å². The number of anilines is 1. The lowest BCUT2D eigenvalue weighted by Gasteiger charge is -2.07. The number of carbonyl (C=O) groups excluding carboxylic acids is 1. The highest BCUT2D eigenvalue weighted by molar-refractivity contribution is 5.99. The lowest BCUT2D eigenvalue weighted by Crippen LogP contribution is -2.26. The largest absolute Gasteiger partial charge is 0.376 e. The van der Waals surface area contributed by atoms with E-state index in [2.05, 4.69) is 34.0 Å². The molecule has 0 aromatic heterocycles. The van der Waals surface area contributed by atoms with Crippen molar-refractivity contribution in [3.8, 4) is 0 Å². The van der Waals surface area contributed by atoms with Gasteiger partial charge in [-0.3, -0.25) is 4.79 Å². The molecule has 0 radical (unpaired) electrons. The average molecular weight is 307 g/mol. The smallest absolute Gasteiger partial charge is 0.259 e. The Hall–Kier alpha value is -2.62. The first-order chi connectivity index (χ1) is 11.2. The molecule has 0 unspecified atom stereocenters. The minimum atomic E-state index is -0.158. The molecule has 4 nitrogen and oxygen atoms in total. The van der Waals surface area contributed by atoms with E-state index in [0.717, 1.165) is 23.4 Å². The van der Waals surface area contributed by atoms with Crippen molar-refractivity contribution in [2.24, 2.45) is 5.10 Å². The van der Waals surface area contributed by atoms with E-state index in [0.29, 0.717) is 0 Å². The van der Waals surface area contributed by atoms with Crippen molar-refractivity contribution in [1.29, 1.82) is 0 Å². The summed E-state index contributed by atoms with van der Waals surface area (Å²) in [6.07, 6.45) is 3.55. The molecule has 0 spiro atoms. The van der Waals surface area contributed by atoms with E-state index < -0.39 is 0 Å². The van der Waals surface area contributed by atoms with E-state index in [1.165, 1.54) is 24.0 Å². The van der Waals surface area contributed by atoms with Gasteiger partial charge in [-0.15, -0.1) is 0 Å². The number of amides is 1. The van der Waals surface area contributed by atoms with Gasteiger partial charge in [0.2, 0.25) is 0 Å². The van der Waals surface area contributed by atoms with E-state index in [1.54, 1.807) is 0 Å². The predicted molar refractivity (Wildman–Crippen MR) is 93.8 cm³/mol. The fraction of sp³-hybridized carbons (Fsp3) is 0.263. The molecule has 0 saturated heterocycles. The van der Waals surface area contributed by atoms with Crippen LogP contribution in [0.1, 0.15) is 30.0 Å². The summed E-state index contributed by atoms with van der Waals surface area (Å²) in [4.78, 5) is 11.9. The summed E-state index contributed by atoms with van der Waals surface area (Å²) in [5.41, 5.74) is 8.28. The van der Waals surface area contributed by atoms with Crippen LogP contribution in [0.2, 0.25) is 0 Å².